The Kier molecular flexibility index (Phi) is 6.89. The topological polar surface area (TPSA) is 66.9 Å². The molecular formula is C20H19F7N4O. The molecule has 0 atom stereocenters. The average Bonchev–Trinajstić information content (AvgIpc) is 2.71. The number of carbonyl (C=O) groups excluding carboxylic acids is 1. The van der Waals surface area contributed by atoms with Crippen molar-refractivity contribution in [3.05, 3.63) is 47.0 Å². The van der Waals surface area contributed by atoms with Crippen molar-refractivity contribution in [2.75, 3.05) is 11.9 Å². The minimum atomic E-state index is -5.00. The standard InChI is InChI=1S/C20H19F7N4O/c21-15-8-12(6-7-14(15)19(22,23)24)30-18-29-10-13(16(31-18)20(25,26)27)17(32)28-9-11-4-2-1-3-5-11/h6-8,10-11H,1-5,9H2,(H,28,32)(H,29,30,31). The lowest BCUT2D eigenvalue weighted by Crippen LogP contribution is -2.32. The molecule has 0 spiro atoms. The molecule has 1 aromatic carbocycles. The van der Waals surface area contributed by atoms with Crippen molar-refractivity contribution in [1.29, 1.82) is 0 Å². The third-order valence-corrected chi connectivity index (χ3v) is 5.11. The maximum atomic E-state index is 13.7. The summed E-state index contributed by atoms with van der Waals surface area (Å²) in [6.07, 6.45) is -4.38. The molecule has 1 saturated carbocycles. The Morgan fingerprint density at radius 3 is 2.31 bits per heavy atom. The van der Waals surface area contributed by atoms with Gasteiger partial charge in [0.05, 0.1) is 11.1 Å². The first kappa shape index (κ1) is 23.7. The van der Waals surface area contributed by atoms with Crippen LogP contribution in [0.5, 0.6) is 0 Å². The van der Waals surface area contributed by atoms with Gasteiger partial charge in [0.15, 0.2) is 5.69 Å². The summed E-state index contributed by atoms with van der Waals surface area (Å²) in [6.45, 7) is 0.237. The van der Waals surface area contributed by atoms with Gasteiger partial charge >= 0.3 is 12.4 Å². The number of amides is 1. The van der Waals surface area contributed by atoms with E-state index in [1.807, 2.05) is 0 Å². The van der Waals surface area contributed by atoms with Crippen molar-refractivity contribution in [3.8, 4) is 0 Å². The zero-order valence-electron chi connectivity index (χ0n) is 16.6. The summed E-state index contributed by atoms with van der Waals surface area (Å²) < 4.78 is 92.1. The van der Waals surface area contributed by atoms with Crippen LogP contribution in [0.3, 0.4) is 0 Å². The number of anilines is 2. The Morgan fingerprint density at radius 2 is 1.72 bits per heavy atom. The Bertz CT molecular complexity index is 969. The van der Waals surface area contributed by atoms with Crippen LogP contribution in [0.25, 0.3) is 0 Å². The van der Waals surface area contributed by atoms with Gasteiger partial charge in [-0.05, 0) is 37.0 Å². The number of nitrogens with zero attached hydrogens (tertiary/aromatic N) is 2. The van der Waals surface area contributed by atoms with Gasteiger partial charge in [0, 0.05) is 18.4 Å². The van der Waals surface area contributed by atoms with Crippen molar-refractivity contribution in [2.24, 2.45) is 5.92 Å². The van der Waals surface area contributed by atoms with Crippen LogP contribution < -0.4 is 10.6 Å². The molecule has 0 aliphatic heterocycles. The highest BCUT2D eigenvalue weighted by atomic mass is 19.4. The molecule has 0 bridgehead atoms. The minimum absolute atomic E-state index is 0.193. The molecule has 1 aliphatic carbocycles. The average molecular weight is 464 g/mol. The summed E-state index contributed by atoms with van der Waals surface area (Å²) in [6, 6.07) is 1.73. The van der Waals surface area contributed by atoms with Gasteiger partial charge in [0.1, 0.15) is 5.82 Å². The fraction of sp³-hybridized carbons (Fsp3) is 0.450. The molecule has 12 heteroatoms. The first-order valence-corrected chi connectivity index (χ1v) is 9.81. The summed E-state index contributed by atoms with van der Waals surface area (Å²) in [5.74, 6) is -3.05. The molecule has 0 radical (unpaired) electrons. The number of hydrogen-bond acceptors (Lipinski definition) is 4. The monoisotopic (exact) mass is 464 g/mol. The fourth-order valence-electron chi connectivity index (χ4n) is 3.50. The van der Waals surface area contributed by atoms with Crippen LogP contribution in [-0.2, 0) is 12.4 Å². The van der Waals surface area contributed by atoms with Crippen molar-refractivity contribution >= 4 is 17.5 Å². The van der Waals surface area contributed by atoms with Crippen LogP contribution >= 0.6 is 0 Å². The number of benzene rings is 1. The smallest absolute Gasteiger partial charge is 0.352 e. The Balaban J connectivity index is 1.79. The summed E-state index contributed by atoms with van der Waals surface area (Å²) in [7, 11) is 0. The minimum Gasteiger partial charge on any atom is -0.352 e. The zero-order chi connectivity index (χ0) is 23.5. The van der Waals surface area contributed by atoms with E-state index < -0.39 is 46.8 Å². The van der Waals surface area contributed by atoms with Gasteiger partial charge in [0.2, 0.25) is 5.95 Å². The van der Waals surface area contributed by atoms with Gasteiger partial charge in [0.25, 0.3) is 5.91 Å². The van der Waals surface area contributed by atoms with Gasteiger partial charge in [-0.25, -0.2) is 14.4 Å². The van der Waals surface area contributed by atoms with E-state index in [0.717, 1.165) is 38.2 Å². The van der Waals surface area contributed by atoms with E-state index in [0.29, 0.717) is 18.3 Å². The number of nitrogens with one attached hydrogen (secondary N) is 2. The molecule has 1 amide bonds. The van der Waals surface area contributed by atoms with E-state index in [9.17, 15) is 35.5 Å². The SMILES string of the molecule is O=C(NCC1CCCCC1)c1cnc(Nc2ccc(C(F)(F)F)c(F)c2)nc1C(F)(F)F. The van der Waals surface area contributed by atoms with Crippen LogP contribution in [0.2, 0.25) is 0 Å². The summed E-state index contributed by atoms with van der Waals surface area (Å²) in [5, 5.41) is 4.71. The van der Waals surface area contributed by atoms with Crippen LogP contribution in [0.4, 0.5) is 42.4 Å². The maximum absolute atomic E-state index is 13.7. The molecule has 32 heavy (non-hydrogen) atoms. The Hall–Kier alpha value is -2.92. The van der Waals surface area contributed by atoms with E-state index >= 15 is 0 Å². The normalized spacial score (nSPS) is 15.5. The van der Waals surface area contributed by atoms with Crippen LogP contribution in [0.15, 0.2) is 24.4 Å². The summed E-state index contributed by atoms with van der Waals surface area (Å²) in [5.41, 5.74) is -4.11. The summed E-state index contributed by atoms with van der Waals surface area (Å²) in [4.78, 5) is 19.3. The third kappa shape index (κ3) is 5.86. The van der Waals surface area contributed by atoms with Crippen LogP contribution in [-0.4, -0.2) is 22.4 Å². The molecule has 174 valence electrons. The molecule has 1 fully saturated rings. The number of carbonyl (C=O) groups is 1. The van der Waals surface area contributed by atoms with Crippen LogP contribution in [0, 0.1) is 11.7 Å². The predicted molar refractivity (Wildman–Crippen MR) is 101 cm³/mol. The summed E-state index contributed by atoms with van der Waals surface area (Å²) >= 11 is 0. The molecule has 3 rings (SSSR count). The van der Waals surface area contributed by atoms with Gasteiger partial charge < -0.3 is 10.6 Å². The zero-order valence-corrected chi connectivity index (χ0v) is 16.6. The lowest BCUT2D eigenvalue weighted by molar-refractivity contribution is -0.141. The van der Waals surface area contributed by atoms with E-state index in [-0.39, 0.29) is 18.2 Å². The number of alkyl halides is 6. The molecule has 0 unspecified atom stereocenters. The molecule has 2 aromatic rings. The molecule has 0 saturated heterocycles. The molecular weight excluding hydrogens is 445 g/mol. The second-order valence-electron chi connectivity index (χ2n) is 7.49. The highest BCUT2D eigenvalue weighted by Gasteiger charge is 2.38. The van der Waals surface area contributed by atoms with E-state index in [1.54, 1.807) is 0 Å². The number of hydrogen-bond donors (Lipinski definition) is 2. The highest BCUT2D eigenvalue weighted by Crippen LogP contribution is 2.34. The first-order chi connectivity index (χ1) is 14.9. The van der Waals surface area contributed by atoms with Crippen molar-refractivity contribution in [2.45, 2.75) is 44.5 Å². The molecule has 1 heterocycles. The second-order valence-corrected chi connectivity index (χ2v) is 7.49. The lowest BCUT2D eigenvalue weighted by Gasteiger charge is -2.22. The molecule has 1 aliphatic rings. The van der Waals surface area contributed by atoms with E-state index in [4.69, 9.17) is 0 Å². The Labute approximate surface area is 178 Å². The molecule has 1 aromatic heterocycles. The quantitative estimate of drug-likeness (QED) is 0.557. The van der Waals surface area contributed by atoms with Gasteiger partial charge in [-0.15, -0.1) is 0 Å². The van der Waals surface area contributed by atoms with E-state index in [2.05, 4.69) is 20.6 Å². The predicted octanol–water partition coefficient (Wildman–Crippen LogP) is 5.71. The largest absolute Gasteiger partial charge is 0.434 e. The maximum Gasteiger partial charge on any atom is 0.434 e. The molecule has 5 nitrogen and oxygen atoms in total. The number of rotatable bonds is 5. The van der Waals surface area contributed by atoms with Gasteiger partial charge in [-0.2, -0.15) is 26.3 Å². The van der Waals surface area contributed by atoms with Crippen molar-refractivity contribution in [1.82, 2.24) is 15.3 Å². The van der Waals surface area contributed by atoms with Crippen LogP contribution in [0.1, 0.15) is 53.7 Å². The Morgan fingerprint density at radius 1 is 1.03 bits per heavy atom. The van der Waals surface area contributed by atoms with E-state index in [1.165, 1.54) is 0 Å². The number of halogens is 7. The fourth-order valence-corrected chi connectivity index (χ4v) is 3.50. The molecule has 2 N–H and O–H groups in total. The van der Waals surface area contributed by atoms with Crippen molar-refractivity contribution < 1.29 is 35.5 Å². The van der Waals surface area contributed by atoms with Gasteiger partial charge in [-0.3, -0.25) is 4.79 Å². The lowest BCUT2D eigenvalue weighted by atomic mass is 9.89. The first-order valence-electron chi connectivity index (χ1n) is 9.81. The second kappa shape index (κ2) is 9.29. The van der Waals surface area contributed by atoms with Gasteiger partial charge in [-0.1, -0.05) is 19.3 Å². The number of aromatic nitrogens is 2. The third-order valence-electron chi connectivity index (χ3n) is 5.11. The van der Waals surface area contributed by atoms with Crippen molar-refractivity contribution in [3.63, 3.8) is 0 Å². The highest BCUT2D eigenvalue weighted by molar-refractivity contribution is 5.95.